The minimum Gasteiger partial charge on any atom is -0.493 e. The molecular weight excluding hydrogens is 262 g/mol. The Labute approximate surface area is 119 Å². The van der Waals surface area contributed by atoms with Crippen LogP contribution in [0.3, 0.4) is 0 Å². The second-order valence-corrected chi connectivity index (χ2v) is 6.21. The van der Waals surface area contributed by atoms with Crippen LogP contribution < -0.4 is 9.47 Å². The minimum atomic E-state index is 0.529. The van der Waals surface area contributed by atoms with Gasteiger partial charge in [-0.3, -0.25) is 0 Å². The Bertz CT molecular complexity index is 505. The second kappa shape index (κ2) is 4.57. The van der Waals surface area contributed by atoms with E-state index in [4.69, 9.17) is 21.1 Å². The molecule has 0 amide bonds. The third kappa shape index (κ3) is 1.83. The van der Waals surface area contributed by atoms with E-state index in [1.165, 1.54) is 24.2 Å². The predicted molar refractivity (Wildman–Crippen MR) is 76.1 cm³/mol. The molecule has 0 aliphatic carbocycles. The monoisotopic (exact) mass is 282 g/mol. The van der Waals surface area contributed by atoms with Crippen LogP contribution in [0.2, 0.25) is 0 Å². The molecule has 0 radical (unpaired) electrons. The fraction of sp³-hybridized carbons (Fsp3) is 0.600. The summed E-state index contributed by atoms with van der Waals surface area (Å²) in [6.07, 6.45) is 1.11. The maximum absolute atomic E-state index is 6.12. The summed E-state index contributed by atoms with van der Waals surface area (Å²) in [6.45, 7) is 2.39. The summed E-state index contributed by atoms with van der Waals surface area (Å²) in [5.74, 6) is 2.99. The fourth-order valence-electron chi connectivity index (χ4n) is 3.88. The molecule has 2 heterocycles. The third-order valence-corrected chi connectivity index (χ3v) is 5.22. The Balaban J connectivity index is 2.06. The molecule has 3 rings (SSSR count). The van der Waals surface area contributed by atoms with E-state index in [2.05, 4.69) is 19.2 Å². The normalized spacial score (nSPS) is 32.0. The van der Waals surface area contributed by atoms with E-state index in [1.807, 2.05) is 0 Å². The van der Waals surface area contributed by atoms with E-state index >= 15 is 0 Å². The molecule has 0 unspecified atom stereocenters. The number of ether oxygens (including phenoxy) is 2. The summed E-state index contributed by atoms with van der Waals surface area (Å²) in [6, 6.07) is 4.83. The quantitative estimate of drug-likeness (QED) is 0.627. The number of halogens is 1. The highest BCUT2D eigenvalue weighted by molar-refractivity contribution is 6.18. The number of methoxy groups -OCH3 is 2. The number of benzene rings is 1. The maximum Gasteiger partial charge on any atom is 0.161 e. The summed E-state index contributed by atoms with van der Waals surface area (Å²) >= 11 is 6.12. The second-order valence-electron chi connectivity index (χ2n) is 5.90. The first kappa shape index (κ1) is 13.1. The number of hydrogen-bond donors (Lipinski definition) is 0. The van der Waals surface area contributed by atoms with Crippen LogP contribution in [-0.2, 0) is 6.42 Å². The Kier molecular flexibility index (Phi) is 3.14. The van der Waals surface area contributed by atoms with Gasteiger partial charge in [0.15, 0.2) is 11.5 Å². The molecule has 104 valence electrons. The van der Waals surface area contributed by atoms with Crippen molar-refractivity contribution in [1.82, 2.24) is 0 Å². The topological polar surface area (TPSA) is 18.5 Å². The molecule has 2 aliphatic heterocycles. The maximum atomic E-state index is 6.12. The highest BCUT2D eigenvalue weighted by atomic mass is 35.5. The zero-order valence-corrected chi connectivity index (χ0v) is 12.5. The Morgan fingerprint density at radius 1 is 1.26 bits per heavy atom. The predicted octanol–water partition coefficient (Wildman–Crippen LogP) is 2.62. The van der Waals surface area contributed by atoms with Crippen molar-refractivity contribution in [2.24, 2.45) is 5.92 Å². The van der Waals surface area contributed by atoms with Crippen molar-refractivity contribution in [1.29, 1.82) is 0 Å². The van der Waals surface area contributed by atoms with Gasteiger partial charge in [-0.2, -0.15) is 0 Å². The van der Waals surface area contributed by atoms with Crippen molar-refractivity contribution in [2.75, 3.05) is 40.2 Å². The molecule has 1 aromatic rings. The van der Waals surface area contributed by atoms with Gasteiger partial charge in [0.1, 0.15) is 6.04 Å². The molecule has 0 spiro atoms. The summed E-state index contributed by atoms with van der Waals surface area (Å²) < 4.78 is 12.0. The van der Waals surface area contributed by atoms with Crippen molar-refractivity contribution in [3.05, 3.63) is 23.3 Å². The molecule has 0 bridgehead atoms. The molecule has 1 fully saturated rings. The van der Waals surface area contributed by atoms with Gasteiger partial charge >= 0.3 is 0 Å². The van der Waals surface area contributed by atoms with Gasteiger partial charge in [0.25, 0.3) is 0 Å². The molecule has 4 heteroatoms. The number of nitrogens with zero attached hydrogens (tertiary/aromatic N) is 1. The van der Waals surface area contributed by atoms with Crippen molar-refractivity contribution in [3.8, 4) is 11.5 Å². The van der Waals surface area contributed by atoms with Crippen molar-refractivity contribution < 1.29 is 14.0 Å². The van der Waals surface area contributed by atoms with Crippen LogP contribution in [-0.4, -0.2) is 44.7 Å². The van der Waals surface area contributed by atoms with Crippen LogP contribution in [0.1, 0.15) is 17.2 Å². The molecule has 0 N–H and O–H groups in total. The zero-order valence-electron chi connectivity index (χ0n) is 11.8. The molecule has 2 aliphatic rings. The largest absolute Gasteiger partial charge is 0.493 e. The van der Waals surface area contributed by atoms with Gasteiger partial charge in [-0.05, 0) is 17.7 Å². The lowest BCUT2D eigenvalue weighted by atomic mass is 9.76. The number of quaternary nitrogens is 1. The molecular formula is C15H21ClNO2+. The average molecular weight is 283 g/mol. The van der Waals surface area contributed by atoms with Crippen LogP contribution >= 0.6 is 11.6 Å². The number of rotatable bonds is 3. The van der Waals surface area contributed by atoms with Crippen molar-refractivity contribution in [3.63, 3.8) is 0 Å². The van der Waals surface area contributed by atoms with Gasteiger partial charge in [0, 0.05) is 17.9 Å². The van der Waals surface area contributed by atoms with Crippen LogP contribution in [0.5, 0.6) is 11.5 Å². The summed E-state index contributed by atoms with van der Waals surface area (Å²) in [5, 5.41) is 0. The zero-order chi connectivity index (χ0) is 13.6. The first-order chi connectivity index (χ1) is 9.12. The van der Waals surface area contributed by atoms with Crippen molar-refractivity contribution in [2.45, 2.75) is 12.5 Å². The number of fused-ring (bicyclic) bond motifs is 3. The van der Waals surface area contributed by atoms with Gasteiger partial charge in [0.05, 0.1) is 40.3 Å². The number of hydrogen-bond acceptors (Lipinski definition) is 2. The third-order valence-electron chi connectivity index (χ3n) is 4.82. The lowest BCUT2D eigenvalue weighted by Gasteiger charge is -2.57. The molecule has 3 nitrogen and oxygen atoms in total. The van der Waals surface area contributed by atoms with Gasteiger partial charge in [0.2, 0.25) is 0 Å². The van der Waals surface area contributed by atoms with Gasteiger partial charge in [-0.15, -0.1) is 11.6 Å². The smallest absolute Gasteiger partial charge is 0.161 e. The van der Waals surface area contributed by atoms with Gasteiger partial charge < -0.3 is 14.0 Å². The van der Waals surface area contributed by atoms with E-state index in [0.29, 0.717) is 12.0 Å². The highest BCUT2D eigenvalue weighted by Crippen LogP contribution is 2.51. The van der Waals surface area contributed by atoms with E-state index in [1.54, 1.807) is 14.2 Å². The fourth-order valence-corrected chi connectivity index (χ4v) is 4.14. The first-order valence-electron chi connectivity index (χ1n) is 6.78. The minimum absolute atomic E-state index is 0.529. The Morgan fingerprint density at radius 3 is 2.58 bits per heavy atom. The molecule has 1 saturated heterocycles. The van der Waals surface area contributed by atoms with Crippen LogP contribution in [0.15, 0.2) is 12.1 Å². The number of alkyl halides is 1. The Morgan fingerprint density at radius 2 is 1.95 bits per heavy atom. The molecule has 0 aromatic heterocycles. The summed E-state index contributed by atoms with van der Waals surface area (Å²) in [7, 11) is 5.73. The van der Waals surface area contributed by atoms with E-state index < -0.39 is 0 Å². The summed E-state index contributed by atoms with van der Waals surface area (Å²) in [5.41, 5.74) is 2.80. The van der Waals surface area contributed by atoms with E-state index in [9.17, 15) is 0 Å². The lowest BCUT2D eigenvalue weighted by Crippen LogP contribution is -2.65. The number of likely N-dealkylation sites (N-methyl/N-ethyl adjacent to an activating group) is 1. The molecule has 19 heavy (non-hydrogen) atoms. The lowest BCUT2D eigenvalue weighted by molar-refractivity contribution is -0.991. The SMILES string of the molecule is COc1cc2c(cc1OC)[C@H]1[C@@H](CCl)C[N@@+]1(C)CC2. The van der Waals surface area contributed by atoms with Gasteiger partial charge in [-0.25, -0.2) is 0 Å². The van der Waals surface area contributed by atoms with Gasteiger partial charge in [-0.1, -0.05) is 0 Å². The highest BCUT2D eigenvalue weighted by Gasteiger charge is 2.54. The molecule has 3 atom stereocenters. The van der Waals surface area contributed by atoms with Crippen LogP contribution in [0.25, 0.3) is 0 Å². The molecule has 1 aromatic carbocycles. The standard InChI is InChI=1S/C15H21ClNO2/c1-17-5-4-10-6-13(18-2)14(19-3)7-12(10)15(17)11(8-16)9-17/h6-7,11,15H,4-5,8-9H2,1-3H3/q+1/t11-,15+,17+/m0/s1. The van der Waals surface area contributed by atoms with Crippen LogP contribution in [0.4, 0.5) is 0 Å². The van der Waals surface area contributed by atoms with Crippen LogP contribution in [0, 0.1) is 5.92 Å². The van der Waals surface area contributed by atoms with Crippen molar-refractivity contribution >= 4 is 11.6 Å². The van der Waals surface area contributed by atoms with E-state index in [-0.39, 0.29) is 0 Å². The average Bonchev–Trinajstić information content (AvgIpc) is 2.41. The molecule has 0 saturated carbocycles. The first-order valence-corrected chi connectivity index (χ1v) is 7.31. The van der Waals surface area contributed by atoms with E-state index in [0.717, 1.165) is 28.3 Å². The Hall–Kier alpha value is -0.930. The summed E-state index contributed by atoms with van der Waals surface area (Å²) in [4.78, 5) is 0.